The molecular weight excluding hydrogens is 1010 g/mol. The standard InChI is InChI=1S/C40H25F15.C13H27P.Fe/c41-36(42,43)26-11-1-21(2-12-26)31-32(22-3-13-27(14-4-22)37(44,45)46)34(24-7-17-29(18-8-24)39(50,51)52)35(25-9-19-30(20-10-25)40(53,54)55)33(31)23-5-15-28(16-6-23)38(47,48)49;1-12(2,3)14(13(4,5)6)11-9-7-8-10-11;/h1-20,31-35H;11H,7-10H2,1-6H3;. The van der Waals surface area contributed by atoms with Gasteiger partial charge in [-0.2, -0.15) is 65.9 Å². The third-order valence-electron chi connectivity index (χ3n) is 13.2. The summed E-state index contributed by atoms with van der Waals surface area (Å²) in [6, 6.07) is 18.4. The number of alkyl halides is 15. The monoisotopic (exact) mass is 1060 g/mol. The molecule has 17 heteroatoms. The molecule has 2 saturated carbocycles. The van der Waals surface area contributed by atoms with Crippen molar-refractivity contribution in [3.05, 3.63) is 177 Å². The van der Waals surface area contributed by atoms with E-state index in [0.717, 1.165) is 127 Å². The summed E-state index contributed by atoms with van der Waals surface area (Å²) in [5, 5.41) is 1.06. The number of hydrogen-bond acceptors (Lipinski definition) is 0. The van der Waals surface area contributed by atoms with Gasteiger partial charge in [0.2, 0.25) is 0 Å². The van der Waals surface area contributed by atoms with Crippen LogP contribution in [0.3, 0.4) is 0 Å². The van der Waals surface area contributed by atoms with Crippen LogP contribution in [0.4, 0.5) is 65.9 Å². The predicted octanol–water partition coefficient (Wildman–Crippen LogP) is 19.0. The molecule has 5 aromatic carbocycles. The fourth-order valence-corrected chi connectivity index (χ4v) is 16.0. The zero-order chi connectivity index (χ0) is 51.3. The van der Waals surface area contributed by atoms with E-state index in [1.54, 1.807) is 0 Å². The molecule has 0 unspecified atom stereocenters. The van der Waals surface area contributed by atoms with Crippen LogP contribution in [0.2, 0.25) is 0 Å². The van der Waals surface area contributed by atoms with Crippen LogP contribution in [0.25, 0.3) is 0 Å². The average molecular weight is 1060 g/mol. The summed E-state index contributed by atoms with van der Waals surface area (Å²) in [6.07, 6.45) is -18.1. The number of halogens is 15. The molecule has 2 aliphatic rings. The van der Waals surface area contributed by atoms with E-state index in [0.29, 0.717) is 10.3 Å². The summed E-state index contributed by atoms with van der Waals surface area (Å²) in [5.41, 5.74) is -3.68. The molecule has 7 rings (SSSR count). The Labute approximate surface area is 410 Å². The quantitative estimate of drug-likeness (QED) is 0.0903. The van der Waals surface area contributed by atoms with Gasteiger partial charge in [-0.05, 0) is 147 Å². The van der Waals surface area contributed by atoms with Crippen molar-refractivity contribution in [1.82, 2.24) is 0 Å². The fourth-order valence-electron chi connectivity index (χ4n) is 10.9. The van der Waals surface area contributed by atoms with E-state index in [1.165, 1.54) is 25.7 Å². The van der Waals surface area contributed by atoms with Crippen molar-refractivity contribution in [1.29, 1.82) is 0 Å². The molecule has 5 aromatic rings. The molecule has 0 aliphatic heterocycles. The van der Waals surface area contributed by atoms with Crippen molar-refractivity contribution >= 4 is 7.92 Å². The maximum Gasteiger partial charge on any atom is 0.416 e. The van der Waals surface area contributed by atoms with Gasteiger partial charge in [-0.3, -0.25) is 0 Å². The third kappa shape index (κ3) is 13.1. The molecule has 0 bridgehead atoms. The van der Waals surface area contributed by atoms with E-state index in [2.05, 4.69) is 41.5 Å². The minimum absolute atomic E-state index is 0. The molecular formula is C53H52F15FeP. The summed E-state index contributed by atoms with van der Waals surface area (Å²) in [4.78, 5) is 0. The Bertz CT molecular complexity index is 2070. The molecule has 0 spiro atoms. The molecule has 70 heavy (non-hydrogen) atoms. The van der Waals surface area contributed by atoms with Crippen molar-refractivity contribution in [3.8, 4) is 0 Å². The molecule has 0 heterocycles. The van der Waals surface area contributed by atoms with Gasteiger partial charge in [0.15, 0.2) is 0 Å². The first-order valence-corrected chi connectivity index (χ1v) is 23.7. The Morgan fingerprint density at radius 2 is 0.457 bits per heavy atom. The Kier molecular flexibility index (Phi) is 17.0. The smallest absolute Gasteiger partial charge is 0.166 e. The number of rotatable bonds is 6. The summed E-state index contributed by atoms with van der Waals surface area (Å²) < 4.78 is 206. The van der Waals surface area contributed by atoms with Crippen LogP contribution in [0.15, 0.2) is 121 Å². The Morgan fingerprint density at radius 1 is 0.300 bits per heavy atom. The van der Waals surface area contributed by atoms with E-state index >= 15 is 0 Å². The second-order valence-electron chi connectivity index (χ2n) is 19.9. The van der Waals surface area contributed by atoms with Gasteiger partial charge in [0.25, 0.3) is 0 Å². The van der Waals surface area contributed by atoms with Gasteiger partial charge in [0.05, 0.1) is 27.8 Å². The third-order valence-corrected chi connectivity index (χ3v) is 17.3. The molecule has 0 amide bonds. The topological polar surface area (TPSA) is 0 Å². The Hall–Kier alpha value is -4.00. The van der Waals surface area contributed by atoms with Crippen LogP contribution in [0, 0.1) is 0 Å². The van der Waals surface area contributed by atoms with E-state index in [1.807, 2.05) is 0 Å². The SMILES string of the molecule is CC(C)(C)P(C1CCCC1)C(C)(C)C.FC(F)(F)c1ccc(C2C(c3ccc(C(F)(F)F)cc3)C(c3ccc(C(F)(F)F)cc3)C(c3ccc(C(F)(F)F)cc3)C2c2ccc(C(F)(F)F)cc2)cc1.[Fe]. The molecule has 2 aliphatic carbocycles. The van der Waals surface area contributed by atoms with Crippen molar-refractivity contribution in [3.63, 3.8) is 0 Å². The van der Waals surface area contributed by atoms with Crippen molar-refractivity contribution in [2.75, 3.05) is 0 Å². The van der Waals surface area contributed by atoms with Crippen molar-refractivity contribution < 1.29 is 82.9 Å². The van der Waals surface area contributed by atoms with E-state index < -0.39 is 88.3 Å². The fraction of sp³-hybridized carbons (Fsp3) is 0.434. The molecule has 382 valence electrons. The second-order valence-corrected chi connectivity index (χ2v) is 24.0. The zero-order valence-corrected chi connectivity index (χ0v) is 40.8. The Balaban J connectivity index is 0.000000524. The van der Waals surface area contributed by atoms with E-state index in [4.69, 9.17) is 0 Å². The van der Waals surface area contributed by atoms with Gasteiger partial charge in [-0.1, -0.05) is 123 Å². The van der Waals surface area contributed by atoms with Gasteiger partial charge in [-0.15, -0.1) is 0 Å². The average Bonchev–Trinajstić information content (AvgIpc) is 3.88. The first-order chi connectivity index (χ1) is 31.7. The largest absolute Gasteiger partial charge is 0.416 e. The molecule has 0 radical (unpaired) electrons. The van der Waals surface area contributed by atoms with Crippen LogP contribution in [-0.4, -0.2) is 16.0 Å². The first-order valence-electron chi connectivity index (χ1n) is 22.3. The molecule has 0 aromatic heterocycles. The van der Waals surface area contributed by atoms with Crippen LogP contribution < -0.4 is 0 Å². The zero-order valence-electron chi connectivity index (χ0n) is 38.8. The normalized spacial score (nSPS) is 20.8. The molecule has 0 nitrogen and oxygen atoms in total. The van der Waals surface area contributed by atoms with Crippen LogP contribution >= 0.6 is 7.92 Å². The van der Waals surface area contributed by atoms with Gasteiger partial charge < -0.3 is 0 Å². The summed E-state index contributed by atoms with van der Waals surface area (Å²) >= 11 is 0. The van der Waals surface area contributed by atoms with Crippen molar-refractivity contribution in [2.45, 2.75) is 144 Å². The van der Waals surface area contributed by atoms with Gasteiger partial charge in [0, 0.05) is 17.1 Å². The van der Waals surface area contributed by atoms with Gasteiger partial charge >= 0.3 is 30.9 Å². The van der Waals surface area contributed by atoms with Gasteiger partial charge in [-0.25, -0.2) is 0 Å². The summed E-state index contributed by atoms with van der Waals surface area (Å²) in [5.74, 6) is -5.58. The summed E-state index contributed by atoms with van der Waals surface area (Å²) in [7, 11) is 0.156. The maximum absolute atomic E-state index is 13.7. The number of benzene rings is 5. The van der Waals surface area contributed by atoms with Crippen LogP contribution in [0.5, 0.6) is 0 Å². The second kappa shape index (κ2) is 20.9. The van der Waals surface area contributed by atoms with Crippen molar-refractivity contribution in [2.24, 2.45) is 0 Å². The van der Waals surface area contributed by atoms with E-state index in [9.17, 15) is 65.9 Å². The van der Waals surface area contributed by atoms with Crippen LogP contribution in [0.1, 0.15) is 152 Å². The number of hydrogen-bond donors (Lipinski definition) is 0. The van der Waals surface area contributed by atoms with E-state index in [-0.39, 0.29) is 52.8 Å². The minimum atomic E-state index is -4.81. The van der Waals surface area contributed by atoms with Crippen LogP contribution in [-0.2, 0) is 48.0 Å². The molecule has 0 saturated heterocycles. The molecule has 0 atom stereocenters. The maximum atomic E-state index is 13.7. The molecule has 0 N–H and O–H groups in total. The minimum Gasteiger partial charge on any atom is -0.166 e. The Morgan fingerprint density at radius 3 is 0.586 bits per heavy atom. The molecule has 2 fully saturated rings. The predicted molar refractivity (Wildman–Crippen MR) is 240 cm³/mol. The first kappa shape index (κ1) is 56.9. The summed E-state index contributed by atoms with van der Waals surface area (Å²) in [6.45, 7) is 14.7. The van der Waals surface area contributed by atoms with Gasteiger partial charge in [0.1, 0.15) is 0 Å².